The third-order valence-corrected chi connectivity index (χ3v) is 3.06. The molecule has 0 fully saturated rings. The van der Waals surface area contributed by atoms with E-state index in [1.807, 2.05) is 6.08 Å². The van der Waals surface area contributed by atoms with Gasteiger partial charge in [0.25, 0.3) is 5.91 Å². The number of nitrogen functional groups attached to an aromatic ring is 1. The number of aromatic nitrogens is 5. The molecule has 2 aromatic rings. The smallest absolute Gasteiger partial charge is 0.292 e. The van der Waals surface area contributed by atoms with E-state index in [1.54, 1.807) is 6.26 Å². The number of carbonyl (C=O) groups excluding carboxylic acids is 1. The van der Waals surface area contributed by atoms with Crippen LogP contribution in [0.25, 0.3) is 5.82 Å². The van der Waals surface area contributed by atoms with E-state index < -0.39 is 5.91 Å². The molecule has 24 heavy (non-hydrogen) atoms. The summed E-state index contributed by atoms with van der Waals surface area (Å²) in [6, 6.07) is 0. The minimum absolute atomic E-state index is 0.0353. The summed E-state index contributed by atoms with van der Waals surface area (Å²) in [6.07, 6.45) is 5.40. The van der Waals surface area contributed by atoms with Crippen LogP contribution >= 0.6 is 0 Å². The number of rotatable bonds is 6. The second-order valence-corrected chi connectivity index (χ2v) is 4.70. The zero-order chi connectivity index (χ0) is 16.9. The van der Waals surface area contributed by atoms with Crippen LogP contribution in [0.3, 0.4) is 0 Å². The van der Waals surface area contributed by atoms with E-state index in [0.717, 1.165) is 4.68 Å². The van der Waals surface area contributed by atoms with Gasteiger partial charge < -0.3 is 15.2 Å². The van der Waals surface area contributed by atoms with Gasteiger partial charge in [0.05, 0.1) is 19.1 Å². The summed E-state index contributed by atoms with van der Waals surface area (Å²) in [6.45, 7) is 0.0628. The average Bonchev–Trinajstić information content (AvgIpc) is 3.28. The molecule has 12 nitrogen and oxygen atoms in total. The van der Waals surface area contributed by atoms with Crippen molar-refractivity contribution in [2.24, 2.45) is 5.10 Å². The minimum Gasteiger partial charge on any atom is -0.492 e. The van der Waals surface area contributed by atoms with Crippen molar-refractivity contribution in [1.82, 2.24) is 30.7 Å². The molecule has 12 heteroatoms. The largest absolute Gasteiger partial charge is 0.492 e. The predicted octanol–water partition coefficient (Wildman–Crippen LogP) is -0.603. The van der Waals surface area contributed by atoms with Gasteiger partial charge in [0.1, 0.15) is 11.8 Å². The van der Waals surface area contributed by atoms with E-state index in [0.29, 0.717) is 6.42 Å². The van der Waals surface area contributed by atoms with Gasteiger partial charge in [-0.2, -0.15) is 9.78 Å². The van der Waals surface area contributed by atoms with Crippen molar-refractivity contribution in [3.8, 4) is 5.82 Å². The molecule has 1 aliphatic heterocycles. The third kappa shape index (κ3) is 3.08. The molecule has 1 amide bonds. The number of methoxy groups -OCH3 is 1. The highest BCUT2D eigenvalue weighted by molar-refractivity contribution is 5.94. The van der Waals surface area contributed by atoms with Crippen molar-refractivity contribution < 1.29 is 18.9 Å². The molecule has 0 aliphatic carbocycles. The van der Waals surface area contributed by atoms with Gasteiger partial charge in [0.2, 0.25) is 11.6 Å². The standard InChI is InChI=1S/C12H14N8O4/c1-22-6-8-9(12(21)16-14-5-7-3-2-4-23-7)20(19-15-8)11-10(13)17-24-18-11/h2,4-5,7H,3,6H2,1H3,(H2,13,17)(H,16,21)/b14-5+. The number of carbonyl (C=O) groups is 1. The van der Waals surface area contributed by atoms with Crippen LogP contribution in [-0.2, 0) is 16.1 Å². The molecule has 3 N–H and O–H groups in total. The van der Waals surface area contributed by atoms with E-state index in [4.69, 9.17) is 15.2 Å². The van der Waals surface area contributed by atoms with Gasteiger partial charge >= 0.3 is 0 Å². The van der Waals surface area contributed by atoms with Gasteiger partial charge in [0.15, 0.2) is 5.69 Å². The van der Waals surface area contributed by atoms with Crippen LogP contribution in [0.4, 0.5) is 5.82 Å². The van der Waals surface area contributed by atoms with E-state index in [9.17, 15) is 4.79 Å². The lowest BCUT2D eigenvalue weighted by atomic mass is 10.3. The monoisotopic (exact) mass is 334 g/mol. The Morgan fingerprint density at radius 1 is 1.62 bits per heavy atom. The summed E-state index contributed by atoms with van der Waals surface area (Å²) < 4.78 is 15.9. The van der Waals surface area contributed by atoms with Crippen LogP contribution in [0.1, 0.15) is 22.6 Å². The van der Waals surface area contributed by atoms with Gasteiger partial charge in [-0.3, -0.25) is 4.79 Å². The van der Waals surface area contributed by atoms with Crippen molar-refractivity contribution >= 4 is 17.9 Å². The van der Waals surface area contributed by atoms with Crippen LogP contribution in [0.2, 0.25) is 0 Å². The summed E-state index contributed by atoms with van der Waals surface area (Å²) in [5, 5.41) is 18.6. The van der Waals surface area contributed by atoms with Crippen molar-refractivity contribution in [2.45, 2.75) is 19.1 Å². The lowest BCUT2D eigenvalue weighted by molar-refractivity contribution is 0.0941. The van der Waals surface area contributed by atoms with Crippen LogP contribution in [-0.4, -0.2) is 50.6 Å². The van der Waals surface area contributed by atoms with Crippen molar-refractivity contribution in [3.63, 3.8) is 0 Å². The number of hydrogen-bond donors (Lipinski definition) is 2. The third-order valence-electron chi connectivity index (χ3n) is 3.06. The van der Waals surface area contributed by atoms with Gasteiger partial charge in [0, 0.05) is 13.5 Å². The van der Waals surface area contributed by atoms with Crippen LogP contribution in [0, 0.1) is 0 Å². The van der Waals surface area contributed by atoms with E-state index in [-0.39, 0.29) is 35.7 Å². The van der Waals surface area contributed by atoms with Gasteiger partial charge in [-0.1, -0.05) is 5.21 Å². The summed E-state index contributed by atoms with van der Waals surface area (Å²) in [5.74, 6) is -0.564. The van der Waals surface area contributed by atoms with E-state index in [1.165, 1.54) is 13.3 Å². The van der Waals surface area contributed by atoms with Gasteiger partial charge in [-0.05, 0) is 16.4 Å². The Hall–Kier alpha value is -3.28. The molecular weight excluding hydrogens is 320 g/mol. The first-order valence-electron chi connectivity index (χ1n) is 6.86. The second kappa shape index (κ2) is 6.87. The maximum Gasteiger partial charge on any atom is 0.292 e. The fourth-order valence-corrected chi connectivity index (χ4v) is 1.99. The number of hydrogen-bond acceptors (Lipinski definition) is 10. The molecule has 0 aromatic carbocycles. The molecule has 126 valence electrons. The molecule has 1 aliphatic rings. The molecule has 0 radical (unpaired) electrons. The van der Waals surface area contributed by atoms with Crippen LogP contribution in [0.5, 0.6) is 0 Å². The number of anilines is 1. The first kappa shape index (κ1) is 15.6. The maximum absolute atomic E-state index is 12.4. The van der Waals surface area contributed by atoms with Gasteiger partial charge in [-0.25, -0.2) is 10.1 Å². The molecule has 3 rings (SSSR count). The van der Waals surface area contributed by atoms with Gasteiger partial charge in [-0.15, -0.1) is 5.10 Å². The Morgan fingerprint density at radius 2 is 2.50 bits per heavy atom. The lowest BCUT2D eigenvalue weighted by Crippen LogP contribution is -2.24. The average molecular weight is 334 g/mol. The number of nitrogens with two attached hydrogens (primary N) is 1. The predicted molar refractivity (Wildman–Crippen MR) is 78.9 cm³/mol. The molecular formula is C12H14N8O4. The Kier molecular flexibility index (Phi) is 4.47. The number of nitrogens with zero attached hydrogens (tertiary/aromatic N) is 6. The molecule has 1 atom stereocenters. The maximum atomic E-state index is 12.4. The van der Waals surface area contributed by atoms with Crippen molar-refractivity contribution in [3.05, 3.63) is 23.7 Å². The number of hydrazone groups is 1. The molecule has 2 aromatic heterocycles. The van der Waals surface area contributed by atoms with E-state index in [2.05, 4.69) is 35.8 Å². The van der Waals surface area contributed by atoms with Crippen LogP contribution in [0.15, 0.2) is 22.1 Å². The first-order valence-corrected chi connectivity index (χ1v) is 6.86. The second-order valence-electron chi connectivity index (χ2n) is 4.70. The summed E-state index contributed by atoms with van der Waals surface area (Å²) in [7, 11) is 1.47. The van der Waals surface area contributed by atoms with Crippen molar-refractivity contribution in [2.75, 3.05) is 12.8 Å². The Labute approximate surface area is 135 Å². The SMILES string of the molecule is COCc1nnn(-c2nonc2N)c1C(=O)N/N=C/C1CC=CO1. The lowest BCUT2D eigenvalue weighted by Gasteiger charge is -2.05. The highest BCUT2D eigenvalue weighted by Crippen LogP contribution is 2.16. The number of amides is 1. The zero-order valence-electron chi connectivity index (χ0n) is 12.6. The van der Waals surface area contributed by atoms with E-state index >= 15 is 0 Å². The Bertz CT molecular complexity index is 772. The number of ether oxygens (including phenoxy) is 2. The molecule has 0 bridgehead atoms. The fourth-order valence-electron chi connectivity index (χ4n) is 1.99. The molecule has 0 saturated carbocycles. The first-order chi connectivity index (χ1) is 11.7. The summed E-state index contributed by atoms with van der Waals surface area (Å²) >= 11 is 0. The minimum atomic E-state index is -0.573. The molecule has 0 spiro atoms. The summed E-state index contributed by atoms with van der Waals surface area (Å²) in [4.78, 5) is 12.4. The Morgan fingerprint density at radius 3 is 3.17 bits per heavy atom. The van der Waals surface area contributed by atoms with Crippen LogP contribution < -0.4 is 11.2 Å². The highest BCUT2D eigenvalue weighted by atomic mass is 16.6. The molecule has 3 heterocycles. The molecule has 0 saturated heterocycles. The molecule has 1 unspecified atom stereocenters. The topological polar surface area (TPSA) is 156 Å². The normalized spacial score (nSPS) is 16.6. The summed E-state index contributed by atoms with van der Waals surface area (Å²) in [5.41, 5.74) is 8.36. The quantitative estimate of drug-likeness (QED) is 0.520. The van der Waals surface area contributed by atoms with Crippen molar-refractivity contribution in [1.29, 1.82) is 0 Å². The number of nitrogens with one attached hydrogen (secondary N) is 1. The fraction of sp³-hybridized carbons (Fsp3) is 0.333. The highest BCUT2D eigenvalue weighted by Gasteiger charge is 2.24. The zero-order valence-corrected chi connectivity index (χ0v) is 12.6. The Balaban J connectivity index is 1.83.